The van der Waals surface area contributed by atoms with Crippen LogP contribution in [0.5, 0.6) is 0 Å². The van der Waals surface area contributed by atoms with E-state index in [2.05, 4.69) is 15.4 Å². The second-order valence-electron chi connectivity index (χ2n) is 6.98. The first-order chi connectivity index (χ1) is 14.0. The highest BCUT2D eigenvalue weighted by molar-refractivity contribution is 6.11. The van der Waals surface area contributed by atoms with E-state index in [1.807, 2.05) is 61.5 Å². The second kappa shape index (κ2) is 7.63. The van der Waals surface area contributed by atoms with E-state index in [9.17, 15) is 9.59 Å². The third kappa shape index (κ3) is 3.89. The SMILES string of the molecule is CN(C)c1ccc(Cn2nccc2NC(=O)c2cc(=O)[nH]c3ccccc23)cc1. The first kappa shape index (κ1) is 18.5. The van der Waals surface area contributed by atoms with Gasteiger partial charge in [0, 0.05) is 42.8 Å². The Morgan fingerprint density at radius 1 is 1.10 bits per heavy atom. The van der Waals surface area contributed by atoms with E-state index >= 15 is 0 Å². The largest absolute Gasteiger partial charge is 0.378 e. The van der Waals surface area contributed by atoms with E-state index in [1.54, 1.807) is 23.0 Å². The van der Waals surface area contributed by atoms with Crippen molar-refractivity contribution < 1.29 is 4.79 Å². The van der Waals surface area contributed by atoms with Gasteiger partial charge < -0.3 is 15.2 Å². The summed E-state index contributed by atoms with van der Waals surface area (Å²) in [5.74, 6) is 0.216. The normalized spacial score (nSPS) is 10.8. The molecule has 0 aliphatic rings. The molecule has 0 radical (unpaired) electrons. The van der Waals surface area contributed by atoms with Crippen LogP contribution in [0, 0.1) is 0 Å². The van der Waals surface area contributed by atoms with Gasteiger partial charge in [-0.05, 0) is 23.8 Å². The lowest BCUT2D eigenvalue weighted by Gasteiger charge is -2.13. The molecule has 2 aromatic heterocycles. The van der Waals surface area contributed by atoms with Crippen LogP contribution in [0.2, 0.25) is 0 Å². The van der Waals surface area contributed by atoms with Crippen molar-refractivity contribution in [2.24, 2.45) is 0 Å². The maximum Gasteiger partial charge on any atom is 0.257 e. The van der Waals surface area contributed by atoms with Crippen molar-refractivity contribution in [3.05, 3.63) is 88.3 Å². The molecule has 0 saturated heterocycles. The molecule has 4 rings (SSSR count). The summed E-state index contributed by atoms with van der Waals surface area (Å²) >= 11 is 0. The molecule has 0 aliphatic carbocycles. The highest BCUT2D eigenvalue weighted by Crippen LogP contribution is 2.18. The number of hydrogen-bond acceptors (Lipinski definition) is 4. The van der Waals surface area contributed by atoms with Crippen LogP contribution in [-0.4, -0.2) is 34.8 Å². The zero-order chi connectivity index (χ0) is 20.4. The fourth-order valence-electron chi connectivity index (χ4n) is 3.21. The molecular formula is C22H21N5O2. The van der Waals surface area contributed by atoms with Gasteiger partial charge in [0.2, 0.25) is 5.56 Å². The van der Waals surface area contributed by atoms with Crippen molar-refractivity contribution in [1.82, 2.24) is 14.8 Å². The van der Waals surface area contributed by atoms with Crippen molar-refractivity contribution in [2.45, 2.75) is 6.54 Å². The third-order valence-corrected chi connectivity index (χ3v) is 4.74. The number of nitrogens with one attached hydrogen (secondary N) is 2. The Bertz CT molecular complexity index is 1220. The number of carbonyl (C=O) groups excluding carboxylic acids is 1. The van der Waals surface area contributed by atoms with Gasteiger partial charge in [-0.15, -0.1) is 0 Å². The summed E-state index contributed by atoms with van der Waals surface area (Å²) in [6.45, 7) is 0.520. The topological polar surface area (TPSA) is 83.0 Å². The van der Waals surface area contributed by atoms with Gasteiger partial charge in [-0.2, -0.15) is 5.10 Å². The van der Waals surface area contributed by atoms with E-state index in [1.165, 1.54) is 6.07 Å². The number of amides is 1. The number of fused-ring (bicyclic) bond motifs is 1. The summed E-state index contributed by atoms with van der Waals surface area (Å²) in [6, 6.07) is 18.4. The second-order valence-corrected chi connectivity index (χ2v) is 6.98. The van der Waals surface area contributed by atoms with Gasteiger partial charge in [-0.3, -0.25) is 9.59 Å². The van der Waals surface area contributed by atoms with Crippen LogP contribution in [0.3, 0.4) is 0 Å². The standard InChI is InChI=1S/C22H21N5O2/c1-26(2)16-9-7-15(8-10-16)14-27-20(11-12-23-27)25-22(29)18-13-21(28)24-19-6-4-3-5-17(18)19/h3-13H,14H2,1-2H3,(H,24,28)(H,25,29). The highest BCUT2D eigenvalue weighted by atomic mass is 16.2. The molecule has 0 atom stereocenters. The quantitative estimate of drug-likeness (QED) is 0.551. The van der Waals surface area contributed by atoms with E-state index in [-0.39, 0.29) is 11.5 Å². The molecule has 0 fully saturated rings. The summed E-state index contributed by atoms with van der Waals surface area (Å²) in [5, 5.41) is 7.89. The molecule has 7 heteroatoms. The van der Waals surface area contributed by atoms with Crippen molar-refractivity contribution >= 4 is 28.3 Å². The van der Waals surface area contributed by atoms with E-state index in [4.69, 9.17) is 0 Å². The maximum absolute atomic E-state index is 12.9. The Morgan fingerprint density at radius 3 is 2.62 bits per heavy atom. The fourth-order valence-corrected chi connectivity index (χ4v) is 3.21. The number of carbonyl (C=O) groups is 1. The number of rotatable bonds is 5. The fraction of sp³-hybridized carbons (Fsp3) is 0.136. The number of para-hydroxylation sites is 1. The summed E-state index contributed by atoms with van der Waals surface area (Å²) in [7, 11) is 3.99. The molecule has 29 heavy (non-hydrogen) atoms. The minimum atomic E-state index is -0.350. The number of H-pyrrole nitrogens is 1. The summed E-state index contributed by atoms with van der Waals surface area (Å²) in [5.41, 5.74) is 2.82. The van der Waals surface area contributed by atoms with Gasteiger partial charge in [0.05, 0.1) is 18.3 Å². The molecule has 2 heterocycles. The predicted molar refractivity (Wildman–Crippen MR) is 115 cm³/mol. The van der Waals surface area contributed by atoms with E-state index in [0.717, 1.165) is 11.3 Å². The lowest BCUT2D eigenvalue weighted by molar-refractivity contribution is 0.102. The minimum Gasteiger partial charge on any atom is -0.378 e. The van der Waals surface area contributed by atoms with Crippen LogP contribution >= 0.6 is 0 Å². The van der Waals surface area contributed by atoms with Crippen LogP contribution in [-0.2, 0) is 6.54 Å². The number of nitrogens with zero attached hydrogens (tertiary/aromatic N) is 3. The number of benzene rings is 2. The molecule has 0 bridgehead atoms. The van der Waals surface area contributed by atoms with Crippen molar-refractivity contribution in [3.8, 4) is 0 Å². The van der Waals surface area contributed by atoms with E-state index in [0.29, 0.717) is 28.8 Å². The van der Waals surface area contributed by atoms with Crippen LogP contribution in [0.1, 0.15) is 15.9 Å². The van der Waals surface area contributed by atoms with Crippen LogP contribution in [0.15, 0.2) is 71.7 Å². The van der Waals surface area contributed by atoms with Crippen LogP contribution in [0.4, 0.5) is 11.5 Å². The Labute approximate surface area is 167 Å². The molecule has 0 saturated carbocycles. The summed E-state index contributed by atoms with van der Waals surface area (Å²) in [4.78, 5) is 29.6. The lowest BCUT2D eigenvalue weighted by atomic mass is 10.1. The van der Waals surface area contributed by atoms with Gasteiger partial charge in [0.25, 0.3) is 5.91 Å². The number of hydrogen-bond donors (Lipinski definition) is 2. The molecular weight excluding hydrogens is 366 g/mol. The predicted octanol–water partition coefficient (Wildman–Crippen LogP) is 3.09. The number of pyridine rings is 1. The monoisotopic (exact) mass is 387 g/mol. The van der Waals surface area contributed by atoms with Gasteiger partial charge in [0.1, 0.15) is 5.82 Å². The van der Waals surface area contributed by atoms with Crippen molar-refractivity contribution in [1.29, 1.82) is 0 Å². The van der Waals surface area contributed by atoms with Crippen LogP contribution in [0.25, 0.3) is 10.9 Å². The minimum absolute atomic E-state index is 0.316. The van der Waals surface area contributed by atoms with E-state index < -0.39 is 0 Å². The Hall–Kier alpha value is -3.87. The zero-order valence-corrected chi connectivity index (χ0v) is 16.2. The smallest absolute Gasteiger partial charge is 0.257 e. The van der Waals surface area contributed by atoms with Crippen LogP contribution < -0.4 is 15.8 Å². The molecule has 0 spiro atoms. The molecule has 4 aromatic rings. The summed E-state index contributed by atoms with van der Waals surface area (Å²) < 4.78 is 1.72. The highest BCUT2D eigenvalue weighted by Gasteiger charge is 2.14. The van der Waals surface area contributed by atoms with Gasteiger partial charge in [-0.25, -0.2) is 4.68 Å². The maximum atomic E-state index is 12.9. The molecule has 2 N–H and O–H groups in total. The van der Waals surface area contributed by atoms with Gasteiger partial charge in [0.15, 0.2) is 0 Å². The Morgan fingerprint density at radius 2 is 1.86 bits per heavy atom. The van der Waals surface area contributed by atoms with Gasteiger partial charge >= 0.3 is 0 Å². The zero-order valence-electron chi connectivity index (χ0n) is 16.2. The number of aromatic nitrogens is 3. The number of aromatic amines is 1. The first-order valence-electron chi connectivity index (χ1n) is 9.23. The molecule has 2 aromatic carbocycles. The van der Waals surface area contributed by atoms with Crippen molar-refractivity contribution in [3.63, 3.8) is 0 Å². The number of anilines is 2. The molecule has 146 valence electrons. The average Bonchev–Trinajstić information content (AvgIpc) is 3.14. The summed E-state index contributed by atoms with van der Waals surface area (Å²) in [6.07, 6.45) is 1.64. The third-order valence-electron chi connectivity index (χ3n) is 4.74. The first-order valence-corrected chi connectivity index (χ1v) is 9.23. The Balaban J connectivity index is 1.58. The van der Waals surface area contributed by atoms with Gasteiger partial charge in [-0.1, -0.05) is 30.3 Å². The lowest BCUT2D eigenvalue weighted by Crippen LogP contribution is -2.19. The molecule has 0 unspecified atom stereocenters. The average molecular weight is 387 g/mol. The van der Waals surface area contributed by atoms with Crippen molar-refractivity contribution in [2.75, 3.05) is 24.3 Å². The Kier molecular flexibility index (Phi) is 4.87. The molecule has 7 nitrogen and oxygen atoms in total. The molecule has 0 aliphatic heterocycles. The molecule has 1 amide bonds.